The highest BCUT2D eigenvalue weighted by atomic mass is 32.2. The summed E-state index contributed by atoms with van der Waals surface area (Å²) >= 11 is 0. The molecule has 0 aliphatic rings. The highest BCUT2D eigenvalue weighted by Gasteiger charge is 2.17. The summed E-state index contributed by atoms with van der Waals surface area (Å²) in [6.07, 6.45) is 1.70. The van der Waals surface area contributed by atoms with Crippen LogP contribution >= 0.6 is 0 Å². The topological polar surface area (TPSA) is 83.6 Å². The number of amides is 1. The second kappa shape index (κ2) is 8.81. The molecule has 2 aromatic carbocycles. The Morgan fingerprint density at radius 3 is 2.41 bits per heavy atom. The molecular formula is C20H24N2O4S. The van der Waals surface area contributed by atoms with Crippen molar-refractivity contribution in [3.63, 3.8) is 0 Å². The monoisotopic (exact) mass is 388 g/mol. The van der Waals surface area contributed by atoms with Crippen LogP contribution in [0.5, 0.6) is 0 Å². The van der Waals surface area contributed by atoms with E-state index >= 15 is 0 Å². The first-order valence-electron chi connectivity index (χ1n) is 8.62. The minimum atomic E-state index is -3.44. The van der Waals surface area contributed by atoms with E-state index in [-0.39, 0.29) is 24.7 Å². The summed E-state index contributed by atoms with van der Waals surface area (Å²) in [6.45, 7) is 3.57. The van der Waals surface area contributed by atoms with Gasteiger partial charge in [0.05, 0.1) is 11.9 Å². The molecular weight excluding hydrogens is 364 g/mol. The van der Waals surface area contributed by atoms with Crippen LogP contribution in [-0.4, -0.2) is 32.9 Å². The molecule has 0 spiro atoms. The fourth-order valence-corrected chi connectivity index (χ4v) is 3.65. The van der Waals surface area contributed by atoms with Crippen LogP contribution in [0.3, 0.4) is 0 Å². The average molecular weight is 388 g/mol. The molecule has 0 radical (unpaired) electrons. The fourth-order valence-electron chi connectivity index (χ4n) is 2.69. The number of nitrogens with one attached hydrogen (secondary N) is 1. The Kier molecular flexibility index (Phi) is 6.74. The second-order valence-electron chi connectivity index (χ2n) is 6.46. The van der Waals surface area contributed by atoms with Gasteiger partial charge in [-0.05, 0) is 50.1 Å². The van der Waals surface area contributed by atoms with Crippen molar-refractivity contribution < 1.29 is 18.0 Å². The SMILES string of the molecule is CC(=O)c1cccc(NC(=O)CCCN(c2cccc(C)c2)S(C)(=O)=O)c1. The molecule has 0 bridgehead atoms. The first-order valence-corrected chi connectivity index (χ1v) is 10.5. The molecule has 0 aliphatic carbocycles. The molecule has 144 valence electrons. The molecule has 0 aliphatic heterocycles. The fraction of sp³-hybridized carbons (Fsp3) is 0.300. The van der Waals surface area contributed by atoms with Gasteiger partial charge in [-0.2, -0.15) is 0 Å². The number of sulfonamides is 1. The van der Waals surface area contributed by atoms with Crippen molar-refractivity contribution in [3.05, 3.63) is 59.7 Å². The predicted molar refractivity (Wildman–Crippen MR) is 108 cm³/mol. The van der Waals surface area contributed by atoms with Gasteiger partial charge in [0, 0.05) is 24.2 Å². The zero-order valence-corrected chi connectivity index (χ0v) is 16.5. The van der Waals surface area contributed by atoms with E-state index in [1.165, 1.54) is 11.2 Å². The lowest BCUT2D eigenvalue weighted by Gasteiger charge is -2.22. The Labute approximate surface area is 160 Å². The molecule has 0 fully saturated rings. The molecule has 6 nitrogen and oxygen atoms in total. The van der Waals surface area contributed by atoms with Crippen LogP contribution in [0, 0.1) is 6.92 Å². The smallest absolute Gasteiger partial charge is 0.232 e. The van der Waals surface area contributed by atoms with Gasteiger partial charge in [-0.3, -0.25) is 13.9 Å². The largest absolute Gasteiger partial charge is 0.326 e. The number of hydrogen-bond acceptors (Lipinski definition) is 4. The molecule has 0 unspecified atom stereocenters. The van der Waals surface area contributed by atoms with E-state index in [9.17, 15) is 18.0 Å². The summed E-state index contributed by atoms with van der Waals surface area (Å²) in [4.78, 5) is 23.6. The first kappa shape index (κ1) is 20.6. The van der Waals surface area contributed by atoms with Crippen LogP contribution in [0.1, 0.15) is 35.7 Å². The minimum absolute atomic E-state index is 0.0759. The lowest BCUT2D eigenvalue weighted by molar-refractivity contribution is -0.116. The van der Waals surface area contributed by atoms with Crippen LogP contribution in [-0.2, 0) is 14.8 Å². The maximum Gasteiger partial charge on any atom is 0.232 e. The number of nitrogens with zero attached hydrogens (tertiary/aromatic N) is 1. The van der Waals surface area contributed by atoms with Gasteiger partial charge in [0.25, 0.3) is 0 Å². The Morgan fingerprint density at radius 2 is 1.78 bits per heavy atom. The summed E-state index contributed by atoms with van der Waals surface area (Å²) in [5.74, 6) is -0.304. The summed E-state index contributed by atoms with van der Waals surface area (Å²) < 4.78 is 25.5. The quantitative estimate of drug-likeness (QED) is 0.703. The average Bonchev–Trinajstić information content (AvgIpc) is 2.57. The Bertz CT molecular complexity index is 939. The number of benzene rings is 2. The molecule has 0 heterocycles. The number of anilines is 2. The van der Waals surface area contributed by atoms with Crippen molar-refractivity contribution in [1.82, 2.24) is 0 Å². The molecule has 2 aromatic rings. The lowest BCUT2D eigenvalue weighted by atomic mass is 10.1. The maximum absolute atomic E-state index is 12.2. The Morgan fingerprint density at radius 1 is 1.07 bits per heavy atom. The summed E-state index contributed by atoms with van der Waals surface area (Å²) in [5, 5.41) is 2.74. The summed E-state index contributed by atoms with van der Waals surface area (Å²) in [5.41, 5.74) is 2.62. The van der Waals surface area contributed by atoms with E-state index in [4.69, 9.17) is 0 Å². The highest BCUT2D eigenvalue weighted by Crippen LogP contribution is 2.20. The number of ketones is 1. The van der Waals surface area contributed by atoms with E-state index in [0.717, 1.165) is 11.8 Å². The molecule has 0 atom stereocenters. The molecule has 27 heavy (non-hydrogen) atoms. The number of carbonyl (C=O) groups excluding carboxylic acids is 2. The number of hydrogen-bond donors (Lipinski definition) is 1. The summed E-state index contributed by atoms with van der Waals surface area (Å²) in [7, 11) is -3.44. The molecule has 2 rings (SSSR count). The lowest BCUT2D eigenvalue weighted by Crippen LogP contribution is -2.31. The molecule has 0 saturated heterocycles. The van der Waals surface area contributed by atoms with Gasteiger partial charge in [-0.25, -0.2) is 8.42 Å². The van der Waals surface area contributed by atoms with Crippen molar-refractivity contribution in [2.75, 3.05) is 22.4 Å². The zero-order chi connectivity index (χ0) is 20.0. The number of rotatable bonds is 8. The Hall–Kier alpha value is -2.67. The van der Waals surface area contributed by atoms with Gasteiger partial charge in [0.2, 0.25) is 15.9 Å². The molecule has 7 heteroatoms. The number of aryl methyl sites for hydroxylation is 1. The van der Waals surface area contributed by atoms with E-state index < -0.39 is 10.0 Å². The number of Topliss-reactive ketones (excluding diaryl/α,β-unsaturated/α-hetero) is 1. The highest BCUT2D eigenvalue weighted by molar-refractivity contribution is 7.92. The molecule has 0 saturated carbocycles. The third kappa shape index (κ3) is 6.21. The Balaban J connectivity index is 1.97. The van der Waals surface area contributed by atoms with Gasteiger partial charge in [0.1, 0.15) is 0 Å². The van der Waals surface area contributed by atoms with E-state index in [0.29, 0.717) is 23.4 Å². The van der Waals surface area contributed by atoms with Crippen LogP contribution in [0.15, 0.2) is 48.5 Å². The van der Waals surface area contributed by atoms with Crippen molar-refractivity contribution in [2.24, 2.45) is 0 Å². The van der Waals surface area contributed by atoms with Gasteiger partial charge in [-0.1, -0.05) is 24.3 Å². The van der Waals surface area contributed by atoms with Crippen LogP contribution in [0.25, 0.3) is 0 Å². The van der Waals surface area contributed by atoms with Crippen molar-refractivity contribution in [1.29, 1.82) is 0 Å². The summed E-state index contributed by atoms with van der Waals surface area (Å²) in [6, 6.07) is 14.0. The normalized spacial score (nSPS) is 11.1. The minimum Gasteiger partial charge on any atom is -0.326 e. The first-order chi connectivity index (χ1) is 12.7. The van der Waals surface area contributed by atoms with Crippen LogP contribution < -0.4 is 9.62 Å². The van der Waals surface area contributed by atoms with E-state index in [1.807, 2.05) is 13.0 Å². The number of carbonyl (C=O) groups is 2. The van der Waals surface area contributed by atoms with E-state index in [1.54, 1.807) is 42.5 Å². The predicted octanol–water partition coefficient (Wildman–Crippen LogP) is 3.38. The standard InChI is InChI=1S/C20H24N2O4S/c1-15-7-4-10-19(13-15)22(27(3,25)26)12-6-11-20(24)21-18-9-5-8-17(14-18)16(2)23/h4-5,7-10,13-14H,6,11-12H2,1-3H3,(H,21,24). The van der Waals surface area contributed by atoms with Crippen molar-refractivity contribution >= 4 is 33.1 Å². The van der Waals surface area contributed by atoms with Crippen LogP contribution in [0.2, 0.25) is 0 Å². The van der Waals surface area contributed by atoms with Gasteiger partial charge >= 0.3 is 0 Å². The third-order valence-electron chi connectivity index (χ3n) is 4.01. The zero-order valence-electron chi connectivity index (χ0n) is 15.7. The second-order valence-corrected chi connectivity index (χ2v) is 8.37. The van der Waals surface area contributed by atoms with E-state index in [2.05, 4.69) is 5.32 Å². The molecule has 1 N–H and O–H groups in total. The van der Waals surface area contributed by atoms with Gasteiger partial charge in [-0.15, -0.1) is 0 Å². The maximum atomic E-state index is 12.2. The van der Waals surface area contributed by atoms with Crippen LogP contribution in [0.4, 0.5) is 11.4 Å². The molecule has 1 amide bonds. The van der Waals surface area contributed by atoms with Crippen molar-refractivity contribution in [3.8, 4) is 0 Å². The van der Waals surface area contributed by atoms with Gasteiger partial charge in [0.15, 0.2) is 5.78 Å². The molecule has 0 aromatic heterocycles. The third-order valence-corrected chi connectivity index (χ3v) is 5.20. The van der Waals surface area contributed by atoms with Gasteiger partial charge < -0.3 is 5.32 Å². The van der Waals surface area contributed by atoms with Crippen molar-refractivity contribution in [2.45, 2.75) is 26.7 Å².